The van der Waals surface area contributed by atoms with Crippen molar-refractivity contribution >= 4 is 16.8 Å². The first-order chi connectivity index (χ1) is 10.2. The summed E-state index contributed by atoms with van der Waals surface area (Å²) in [6.45, 7) is 0. The number of methoxy groups -OCH3 is 1. The lowest BCUT2D eigenvalue weighted by atomic mass is 9.94. The SMILES string of the molecule is COc1ccc2cc(C(=O)N(C)C3CCCCC3)[nH]c2c1. The summed E-state index contributed by atoms with van der Waals surface area (Å²) in [7, 11) is 3.57. The van der Waals surface area contributed by atoms with Crippen LogP contribution in [0.5, 0.6) is 5.75 Å². The monoisotopic (exact) mass is 286 g/mol. The molecule has 1 N–H and O–H groups in total. The minimum atomic E-state index is 0.0806. The molecule has 1 aromatic carbocycles. The van der Waals surface area contributed by atoms with E-state index < -0.39 is 0 Å². The third-order valence-corrected chi connectivity index (χ3v) is 4.50. The van der Waals surface area contributed by atoms with Crippen LogP contribution in [0, 0.1) is 0 Å². The van der Waals surface area contributed by atoms with Crippen molar-refractivity contribution in [2.24, 2.45) is 0 Å². The summed E-state index contributed by atoms with van der Waals surface area (Å²) in [5, 5.41) is 1.04. The normalized spacial score (nSPS) is 16.1. The molecule has 21 heavy (non-hydrogen) atoms. The van der Waals surface area contributed by atoms with Crippen LogP contribution in [0.25, 0.3) is 10.9 Å². The highest BCUT2D eigenvalue weighted by molar-refractivity contribution is 5.98. The van der Waals surface area contributed by atoms with Crippen LogP contribution in [0.3, 0.4) is 0 Å². The third-order valence-electron chi connectivity index (χ3n) is 4.50. The van der Waals surface area contributed by atoms with Crippen molar-refractivity contribution in [3.8, 4) is 5.75 Å². The predicted octanol–water partition coefficient (Wildman–Crippen LogP) is 3.58. The molecule has 0 aliphatic heterocycles. The number of H-pyrrole nitrogens is 1. The molecule has 1 saturated carbocycles. The van der Waals surface area contributed by atoms with Gasteiger partial charge in [0.25, 0.3) is 5.91 Å². The fourth-order valence-corrected chi connectivity index (χ4v) is 3.17. The number of hydrogen-bond donors (Lipinski definition) is 1. The zero-order valence-electron chi connectivity index (χ0n) is 12.7. The van der Waals surface area contributed by atoms with Crippen molar-refractivity contribution in [2.75, 3.05) is 14.2 Å². The first kappa shape index (κ1) is 14.0. The first-order valence-electron chi connectivity index (χ1n) is 7.63. The van der Waals surface area contributed by atoms with Gasteiger partial charge < -0.3 is 14.6 Å². The number of carbonyl (C=O) groups excluding carboxylic acids is 1. The van der Waals surface area contributed by atoms with Crippen LogP contribution in [-0.4, -0.2) is 36.0 Å². The number of nitrogens with zero attached hydrogens (tertiary/aromatic N) is 1. The second-order valence-electron chi connectivity index (χ2n) is 5.84. The molecule has 0 unspecified atom stereocenters. The topological polar surface area (TPSA) is 45.3 Å². The van der Waals surface area contributed by atoms with E-state index in [4.69, 9.17) is 4.74 Å². The van der Waals surface area contributed by atoms with Crippen molar-refractivity contribution in [3.63, 3.8) is 0 Å². The van der Waals surface area contributed by atoms with Gasteiger partial charge >= 0.3 is 0 Å². The van der Waals surface area contributed by atoms with Gasteiger partial charge in [-0.1, -0.05) is 19.3 Å². The van der Waals surface area contributed by atoms with Gasteiger partial charge in [-0.25, -0.2) is 0 Å². The molecule has 0 radical (unpaired) electrons. The van der Waals surface area contributed by atoms with E-state index in [0.717, 1.165) is 29.5 Å². The third kappa shape index (κ3) is 2.75. The molecule has 1 heterocycles. The molecule has 1 amide bonds. The highest BCUT2D eigenvalue weighted by Crippen LogP contribution is 2.25. The van der Waals surface area contributed by atoms with E-state index in [0.29, 0.717) is 11.7 Å². The van der Waals surface area contributed by atoms with Gasteiger partial charge in [-0.3, -0.25) is 4.79 Å². The molecule has 1 fully saturated rings. The van der Waals surface area contributed by atoms with Gasteiger partial charge in [0, 0.05) is 30.1 Å². The number of hydrogen-bond acceptors (Lipinski definition) is 2. The van der Waals surface area contributed by atoms with Crippen molar-refractivity contribution in [3.05, 3.63) is 30.0 Å². The average molecular weight is 286 g/mol. The van der Waals surface area contributed by atoms with Crippen LogP contribution >= 0.6 is 0 Å². The minimum Gasteiger partial charge on any atom is -0.497 e. The molecule has 0 spiro atoms. The lowest BCUT2D eigenvalue weighted by Gasteiger charge is -2.30. The summed E-state index contributed by atoms with van der Waals surface area (Å²) >= 11 is 0. The van der Waals surface area contributed by atoms with Crippen molar-refractivity contribution in [2.45, 2.75) is 38.1 Å². The molecule has 4 heteroatoms. The Morgan fingerprint density at radius 2 is 2.00 bits per heavy atom. The van der Waals surface area contributed by atoms with Gasteiger partial charge in [-0.2, -0.15) is 0 Å². The highest BCUT2D eigenvalue weighted by Gasteiger charge is 2.23. The molecule has 112 valence electrons. The number of benzene rings is 1. The molecule has 4 nitrogen and oxygen atoms in total. The summed E-state index contributed by atoms with van der Waals surface area (Å²) in [4.78, 5) is 17.8. The van der Waals surface area contributed by atoms with Crippen LogP contribution in [0.2, 0.25) is 0 Å². The number of carbonyl (C=O) groups is 1. The highest BCUT2D eigenvalue weighted by atomic mass is 16.5. The summed E-state index contributed by atoms with van der Waals surface area (Å²) in [6, 6.07) is 8.12. The summed E-state index contributed by atoms with van der Waals surface area (Å²) < 4.78 is 5.22. The van der Waals surface area contributed by atoms with Crippen LogP contribution in [0.1, 0.15) is 42.6 Å². The maximum atomic E-state index is 12.6. The Kier molecular flexibility index (Phi) is 3.86. The summed E-state index contributed by atoms with van der Waals surface area (Å²) in [5.74, 6) is 0.876. The fraction of sp³-hybridized carbons (Fsp3) is 0.471. The molecule has 0 bridgehead atoms. The molecular weight excluding hydrogens is 264 g/mol. The Bertz CT molecular complexity index is 641. The zero-order valence-corrected chi connectivity index (χ0v) is 12.7. The van der Waals surface area contributed by atoms with Crippen LogP contribution in [-0.2, 0) is 0 Å². The maximum Gasteiger partial charge on any atom is 0.270 e. The lowest BCUT2D eigenvalue weighted by Crippen LogP contribution is -2.38. The maximum absolute atomic E-state index is 12.6. The predicted molar refractivity (Wildman–Crippen MR) is 83.8 cm³/mol. The number of rotatable bonds is 3. The minimum absolute atomic E-state index is 0.0806. The van der Waals surface area contributed by atoms with Crippen LogP contribution in [0.4, 0.5) is 0 Å². The van der Waals surface area contributed by atoms with E-state index in [1.165, 1.54) is 19.3 Å². The van der Waals surface area contributed by atoms with E-state index in [1.807, 2.05) is 36.2 Å². The van der Waals surface area contributed by atoms with Gasteiger partial charge in [0.2, 0.25) is 0 Å². The average Bonchev–Trinajstić information content (AvgIpc) is 2.97. The van der Waals surface area contributed by atoms with Gasteiger partial charge in [0.1, 0.15) is 11.4 Å². The van der Waals surface area contributed by atoms with E-state index in [1.54, 1.807) is 7.11 Å². The number of ether oxygens (including phenoxy) is 1. The number of fused-ring (bicyclic) bond motifs is 1. The van der Waals surface area contributed by atoms with Crippen LogP contribution < -0.4 is 4.74 Å². The van der Waals surface area contributed by atoms with E-state index in [9.17, 15) is 4.79 Å². The Labute approximate surface area is 125 Å². The first-order valence-corrected chi connectivity index (χ1v) is 7.63. The Hall–Kier alpha value is -1.97. The smallest absolute Gasteiger partial charge is 0.270 e. The van der Waals surface area contributed by atoms with E-state index in [-0.39, 0.29) is 5.91 Å². The van der Waals surface area contributed by atoms with Crippen molar-refractivity contribution in [1.29, 1.82) is 0 Å². The molecule has 1 aliphatic rings. The van der Waals surface area contributed by atoms with Crippen LogP contribution in [0.15, 0.2) is 24.3 Å². The zero-order chi connectivity index (χ0) is 14.8. The molecule has 2 aromatic rings. The van der Waals surface area contributed by atoms with Gasteiger partial charge in [-0.15, -0.1) is 0 Å². The second kappa shape index (κ2) is 5.80. The van der Waals surface area contributed by atoms with Gasteiger partial charge in [0.15, 0.2) is 0 Å². The van der Waals surface area contributed by atoms with E-state index in [2.05, 4.69) is 4.98 Å². The molecule has 3 rings (SSSR count). The largest absolute Gasteiger partial charge is 0.497 e. The number of nitrogens with one attached hydrogen (secondary N) is 1. The summed E-state index contributed by atoms with van der Waals surface area (Å²) in [5.41, 5.74) is 1.60. The number of amides is 1. The molecular formula is C17H22N2O2. The molecule has 1 aliphatic carbocycles. The van der Waals surface area contributed by atoms with Gasteiger partial charge in [-0.05, 0) is 31.0 Å². The fourth-order valence-electron chi connectivity index (χ4n) is 3.17. The van der Waals surface area contributed by atoms with Crippen molar-refractivity contribution < 1.29 is 9.53 Å². The molecule has 0 saturated heterocycles. The van der Waals surface area contributed by atoms with Gasteiger partial charge in [0.05, 0.1) is 7.11 Å². The summed E-state index contributed by atoms with van der Waals surface area (Å²) in [6.07, 6.45) is 6.00. The van der Waals surface area contributed by atoms with E-state index >= 15 is 0 Å². The Morgan fingerprint density at radius 3 is 2.71 bits per heavy atom. The van der Waals surface area contributed by atoms with Crippen molar-refractivity contribution in [1.82, 2.24) is 9.88 Å². The number of aromatic nitrogens is 1. The second-order valence-corrected chi connectivity index (χ2v) is 5.84. The number of aromatic amines is 1. The standard InChI is InChI=1S/C17H22N2O2/c1-19(13-6-4-3-5-7-13)17(20)16-10-12-8-9-14(21-2)11-15(12)18-16/h8-11,13,18H,3-7H2,1-2H3. The molecule has 0 atom stereocenters. The lowest BCUT2D eigenvalue weighted by molar-refractivity contribution is 0.0691. The molecule has 1 aromatic heterocycles. The Morgan fingerprint density at radius 1 is 1.24 bits per heavy atom. The quantitative estimate of drug-likeness (QED) is 0.937. The Balaban J connectivity index is 1.83.